The zero-order chi connectivity index (χ0) is 53.6. The van der Waals surface area contributed by atoms with Gasteiger partial charge in [-0.2, -0.15) is 0 Å². The number of carbonyl (C=O) groups is 3. The van der Waals surface area contributed by atoms with Crippen LogP contribution in [0.2, 0.25) is 0 Å². The SMILES string of the molecule is CC/C=C\C/C=C\C/C=C\C/C=C\C/C=C\C/C=C\C/C=C\C/C=C\CCCCCCCCCCC(=O)OCC(COC(=O)CCCCCCC/C=C\CCC)OC(=O)CCCCCCC/C=C\CCCCCC. The summed E-state index contributed by atoms with van der Waals surface area (Å²) in [6.45, 7) is 6.42. The molecule has 74 heavy (non-hydrogen) atoms. The average molecular weight is 1030 g/mol. The summed E-state index contributed by atoms with van der Waals surface area (Å²) < 4.78 is 16.8. The fourth-order valence-electron chi connectivity index (χ4n) is 8.10. The first-order chi connectivity index (χ1) is 36.5. The van der Waals surface area contributed by atoms with E-state index in [1.807, 2.05) is 0 Å². The number of carbonyl (C=O) groups excluding carboxylic acids is 3. The summed E-state index contributed by atoms with van der Waals surface area (Å²) in [5.41, 5.74) is 0. The predicted octanol–water partition coefficient (Wildman–Crippen LogP) is 20.8. The maximum absolute atomic E-state index is 12.8. The Labute approximate surface area is 456 Å². The Morgan fingerprint density at radius 1 is 0.284 bits per heavy atom. The molecule has 0 fully saturated rings. The fourth-order valence-corrected chi connectivity index (χ4v) is 8.10. The van der Waals surface area contributed by atoms with Crippen molar-refractivity contribution in [3.8, 4) is 0 Å². The van der Waals surface area contributed by atoms with E-state index in [0.717, 1.165) is 148 Å². The number of rotatable bonds is 54. The van der Waals surface area contributed by atoms with Crippen LogP contribution in [-0.2, 0) is 28.6 Å². The van der Waals surface area contributed by atoms with Crippen molar-refractivity contribution in [2.75, 3.05) is 13.2 Å². The molecular formula is C68H112O6. The molecule has 0 aliphatic heterocycles. The molecule has 0 saturated heterocycles. The molecule has 420 valence electrons. The van der Waals surface area contributed by atoms with Gasteiger partial charge < -0.3 is 14.2 Å². The van der Waals surface area contributed by atoms with E-state index in [0.29, 0.717) is 19.3 Å². The first kappa shape index (κ1) is 69.8. The average Bonchev–Trinajstić information content (AvgIpc) is 3.40. The van der Waals surface area contributed by atoms with Crippen molar-refractivity contribution in [1.29, 1.82) is 0 Å². The molecule has 6 heteroatoms. The summed E-state index contributed by atoms with van der Waals surface area (Å²) in [7, 11) is 0. The van der Waals surface area contributed by atoms with Crippen LogP contribution in [0.5, 0.6) is 0 Å². The van der Waals surface area contributed by atoms with E-state index < -0.39 is 6.10 Å². The van der Waals surface area contributed by atoms with Crippen LogP contribution in [0.3, 0.4) is 0 Å². The summed E-state index contributed by atoms with van der Waals surface area (Å²) in [4.78, 5) is 38.1. The van der Waals surface area contributed by atoms with Gasteiger partial charge in [0.2, 0.25) is 0 Å². The van der Waals surface area contributed by atoms with Gasteiger partial charge in [0.15, 0.2) is 6.10 Å². The second-order valence-corrected chi connectivity index (χ2v) is 19.9. The van der Waals surface area contributed by atoms with E-state index in [9.17, 15) is 14.4 Å². The van der Waals surface area contributed by atoms with Crippen LogP contribution in [0.25, 0.3) is 0 Å². The van der Waals surface area contributed by atoms with Crippen LogP contribution in [0, 0.1) is 0 Å². The highest BCUT2D eigenvalue weighted by Gasteiger charge is 2.19. The lowest BCUT2D eigenvalue weighted by Crippen LogP contribution is -2.30. The topological polar surface area (TPSA) is 78.9 Å². The lowest BCUT2D eigenvalue weighted by Gasteiger charge is -2.18. The Morgan fingerprint density at radius 2 is 0.554 bits per heavy atom. The monoisotopic (exact) mass is 1020 g/mol. The predicted molar refractivity (Wildman–Crippen MR) is 320 cm³/mol. The minimum absolute atomic E-state index is 0.0893. The number of ether oxygens (including phenoxy) is 3. The van der Waals surface area contributed by atoms with Gasteiger partial charge in [-0.3, -0.25) is 14.4 Å². The molecule has 6 nitrogen and oxygen atoms in total. The van der Waals surface area contributed by atoms with E-state index >= 15 is 0 Å². The van der Waals surface area contributed by atoms with Crippen LogP contribution in [0.1, 0.15) is 271 Å². The molecule has 0 aromatic heterocycles. The van der Waals surface area contributed by atoms with E-state index in [-0.39, 0.29) is 31.1 Å². The maximum atomic E-state index is 12.8. The standard InChI is InChI=1S/C68H112O6/c1-4-7-10-13-16-19-22-24-25-26-27-28-29-30-31-32-33-34-35-36-37-38-39-40-41-42-43-45-46-49-52-55-58-61-67(70)73-64-65(63-72-66(69)60-57-54-51-48-21-18-15-12-9-6-3)74-68(71)62-59-56-53-50-47-44-23-20-17-14-11-8-5-2/h7,10,12,15-16,19-20,23-25,27-28,30-31,33-34,36-37,39-40,65H,4-6,8-9,11,13-14,17-18,21-22,26,29,32,35,38,41-64H2,1-3H3/b10-7-,15-12-,19-16-,23-20-,25-24-,28-27-,31-30-,34-33-,37-36-,40-39-. The summed E-state index contributed by atoms with van der Waals surface area (Å²) in [6, 6.07) is 0. The second-order valence-electron chi connectivity index (χ2n) is 19.9. The largest absolute Gasteiger partial charge is 0.462 e. The van der Waals surface area contributed by atoms with Gasteiger partial charge >= 0.3 is 17.9 Å². The quantitative estimate of drug-likeness (QED) is 0.0261. The highest BCUT2D eigenvalue weighted by Crippen LogP contribution is 2.14. The molecule has 0 bridgehead atoms. The zero-order valence-corrected chi connectivity index (χ0v) is 48.1. The number of hydrogen-bond donors (Lipinski definition) is 0. The molecular weight excluding hydrogens is 913 g/mol. The van der Waals surface area contributed by atoms with E-state index in [2.05, 4.69) is 142 Å². The van der Waals surface area contributed by atoms with Crippen molar-refractivity contribution in [2.45, 2.75) is 277 Å². The van der Waals surface area contributed by atoms with Gasteiger partial charge in [-0.05, 0) is 128 Å². The molecule has 0 aromatic rings. The maximum Gasteiger partial charge on any atom is 0.306 e. The summed E-state index contributed by atoms with van der Waals surface area (Å²) in [6.07, 6.45) is 85.0. The Bertz CT molecular complexity index is 1550. The summed E-state index contributed by atoms with van der Waals surface area (Å²) in [5, 5.41) is 0. The van der Waals surface area contributed by atoms with Gasteiger partial charge in [-0.25, -0.2) is 0 Å². The molecule has 0 heterocycles. The second kappa shape index (κ2) is 61.4. The number of allylic oxidation sites excluding steroid dienone is 20. The van der Waals surface area contributed by atoms with Crippen molar-refractivity contribution < 1.29 is 28.6 Å². The van der Waals surface area contributed by atoms with Crippen molar-refractivity contribution in [3.63, 3.8) is 0 Å². The summed E-state index contributed by atoms with van der Waals surface area (Å²) in [5.74, 6) is -0.918. The highest BCUT2D eigenvalue weighted by molar-refractivity contribution is 5.71. The van der Waals surface area contributed by atoms with Crippen molar-refractivity contribution >= 4 is 17.9 Å². The molecule has 0 N–H and O–H groups in total. The summed E-state index contributed by atoms with van der Waals surface area (Å²) >= 11 is 0. The van der Waals surface area contributed by atoms with E-state index in [4.69, 9.17) is 14.2 Å². The first-order valence-corrected chi connectivity index (χ1v) is 30.5. The van der Waals surface area contributed by atoms with Crippen molar-refractivity contribution in [3.05, 3.63) is 122 Å². The van der Waals surface area contributed by atoms with Gasteiger partial charge in [0.25, 0.3) is 0 Å². The van der Waals surface area contributed by atoms with E-state index in [1.54, 1.807) is 0 Å². The van der Waals surface area contributed by atoms with Gasteiger partial charge in [0.1, 0.15) is 13.2 Å². The van der Waals surface area contributed by atoms with Crippen LogP contribution in [-0.4, -0.2) is 37.2 Å². The normalized spacial score (nSPS) is 13.0. The molecule has 0 radical (unpaired) electrons. The van der Waals surface area contributed by atoms with Crippen LogP contribution in [0.4, 0.5) is 0 Å². The third kappa shape index (κ3) is 58.7. The minimum Gasteiger partial charge on any atom is -0.462 e. The van der Waals surface area contributed by atoms with E-state index in [1.165, 1.54) is 83.5 Å². The molecule has 0 aliphatic carbocycles. The fraction of sp³-hybridized carbons (Fsp3) is 0.662. The molecule has 1 atom stereocenters. The molecule has 0 saturated carbocycles. The third-order valence-electron chi connectivity index (χ3n) is 12.7. The molecule has 0 rings (SSSR count). The Hall–Kier alpha value is -4.19. The molecule has 0 aliphatic rings. The molecule has 0 spiro atoms. The number of hydrogen-bond acceptors (Lipinski definition) is 6. The van der Waals surface area contributed by atoms with Gasteiger partial charge in [0, 0.05) is 19.3 Å². The van der Waals surface area contributed by atoms with Gasteiger partial charge in [-0.15, -0.1) is 0 Å². The Morgan fingerprint density at radius 3 is 0.892 bits per heavy atom. The molecule has 1 unspecified atom stereocenters. The molecule has 0 amide bonds. The minimum atomic E-state index is -0.790. The lowest BCUT2D eigenvalue weighted by molar-refractivity contribution is -0.167. The molecule has 0 aromatic carbocycles. The van der Waals surface area contributed by atoms with Gasteiger partial charge in [0.05, 0.1) is 0 Å². The Kier molecular flexibility index (Phi) is 57.9. The van der Waals surface area contributed by atoms with Gasteiger partial charge in [-0.1, -0.05) is 245 Å². The smallest absolute Gasteiger partial charge is 0.306 e. The van der Waals surface area contributed by atoms with Crippen LogP contribution in [0.15, 0.2) is 122 Å². The number of esters is 3. The van der Waals surface area contributed by atoms with Crippen molar-refractivity contribution in [1.82, 2.24) is 0 Å². The first-order valence-electron chi connectivity index (χ1n) is 30.5. The van der Waals surface area contributed by atoms with Crippen molar-refractivity contribution in [2.24, 2.45) is 0 Å². The highest BCUT2D eigenvalue weighted by atomic mass is 16.6. The van der Waals surface area contributed by atoms with Crippen LogP contribution >= 0.6 is 0 Å². The van der Waals surface area contributed by atoms with Crippen LogP contribution < -0.4 is 0 Å². The zero-order valence-electron chi connectivity index (χ0n) is 48.1. The lowest BCUT2D eigenvalue weighted by atomic mass is 10.1. The third-order valence-corrected chi connectivity index (χ3v) is 12.7. The number of unbranched alkanes of at least 4 members (excludes halogenated alkanes) is 23. The Balaban J connectivity index is 4.20.